The quantitative estimate of drug-likeness (QED) is 0.463. The van der Waals surface area contributed by atoms with Crippen molar-refractivity contribution in [2.45, 2.75) is 0 Å². The van der Waals surface area contributed by atoms with Gasteiger partial charge in [0.05, 0.1) is 20.5 Å². The first-order chi connectivity index (χ1) is 12.6. The highest BCUT2D eigenvalue weighted by Gasteiger charge is 2.27. The molecular weight excluding hydrogens is 384 g/mol. The first-order valence-corrected chi connectivity index (χ1v) is 10.6. The van der Waals surface area contributed by atoms with Crippen molar-refractivity contribution >= 4 is 46.9 Å². The highest BCUT2D eigenvalue weighted by Crippen LogP contribution is 2.53. The van der Waals surface area contributed by atoms with Crippen LogP contribution >= 0.6 is 35.3 Å². The van der Waals surface area contributed by atoms with Crippen molar-refractivity contribution in [3.05, 3.63) is 85.2 Å². The maximum absolute atomic E-state index is 12.9. The summed E-state index contributed by atoms with van der Waals surface area (Å²) in [6.45, 7) is 0. The van der Waals surface area contributed by atoms with Gasteiger partial charge in [-0.3, -0.25) is 9.59 Å². The molecular formula is C20H16O3S3. The number of methoxy groups -OCH3 is 1. The maximum atomic E-state index is 12.9. The van der Waals surface area contributed by atoms with Crippen molar-refractivity contribution in [1.29, 1.82) is 0 Å². The van der Waals surface area contributed by atoms with Gasteiger partial charge in [0.25, 0.3) is 0 Å². The fraction of sp³-hybridized carbons (Fsp3) is 0.100. The Kier molecular flexibility index (Phi) is 6.29. The van der Waals surface area contributed by atoms with Gasteiger partial charge < -0.3 is 4.74 Å². The zero-order chi connectivity index (χ0) is 18.5. The van der Waals surface area contributed by atoms with E-state index in [1.54, 1.807) is 49.6 Å². The van der Waals surface area contributed by atoms with Crippen LogP contribution in [-0.2, 0) is 0 Å². The van der Waals surface area contributed by atoms with Crippen LogP contribution in [0.25, 0.3) is 0 Å². The van der Waals surface area contributed by atoms with Crippen molar-refractivity contribution in [2.75, 3.05) is 13.4 Å². The van der Waals surface area contributed by atoms with E-state index in [2.05, 4.69) is 0 Å². The zero-order valence-corrected chi connectivity index (χ0v) is 16.7. The molecule has 3 nitrogen and oxygen atoms in total. The molecule has 0 N–H and O–H groups in total. The Labute approximate surface area is 165 Å². The molecule has 26 heavy (non-hydrogen) atoms. The van der Waals surface area contributed by atoms with Crippen molar-refractivity contribution in [3.8, 4) is 5.75 Å². The number of ketones is 2. The minimum atomic E-state index is -0.0563. The topological polar surface area (TPSA) is 43.4 Å². The summed E-state index contributed by atoms with van der Waals surface area (Å²) < 4.78 is 6.88. The molecule has 0 aliphatic carbocycles. The molecule has 0 atom stereocenters. The third-order valence-electron chi connectivity index (χ3n) is 3.63. The minimum absolute atomic E-state index is 0.0370. The number of benzene rings is 2. The van der Waals surface area contributed by atoms with Crippen molar-refractivity contribution < 1.29 is 14.3 Å². The number of rotatable bonds is 6. The molecule has 0 unspecified atom stereocenters. The van der Waals surface area contributed by atoms with Gasteiger partial charge in [0.15, 0.2) is 5.78 Å². The third kappa shape index (κ3) is 4.26. The van der Waals surface area contributed by atoms with Crippen LogP contribution in [0.4, 0.5) is 0 Å². The maximum Gasteiger partial charge on any atom is 0.201 e. The second-order valence-corrected chi connectivity index (χ2v) is 8.71. The van der Waals surface area contributed by atoms with Crippen LogP contribution in [0.15, 0.2) is 74.1 Å². The van der Waals surface area contributed by atoms with Crippen LogP contribution in [0.1, 0.15) is 20.7 Å². The first kappa shape index (κ1) is 18.9. The predicted octanol–water partition coefficient (Wildman–Crippen LogP) is 5.61. The van der Waals surface area contributed by atoms with Crippen LogP contribution in [0.3, 0.4) is 0 Å². The fourth-order valence-electron chi connectivity index (χ4n) is 2.30. The highest BCUT2D eigenvalue weighted by atomic mass is 32.2. The standard InChI is InChI=1S/C20H16O3S3/c1-23-15-10-8-14(9-11-15)18(22)19-20(24-2)26-17(25-19)12-16(21)13-6-4-3-5-7-13/h3-12H,1-2H3/b17-12-. The van der Waals surface area contributed by atoms with Crippen LogP contribution in [0, 0.1) is 0 Å². The summed E-state index contributed by atoms with van der Waals surface area (Å²) in [7, 11) is 1.59. The van der Waals surface area contributed by atoms with E-state index in [4.69, 9.17) is 4.74 Å². The van der Waals surface area contributed by atoms with Crippen molar-refractivity contribution in [3.63, 3.8) is 0 Å². The monoisotopic (exact) mass is 400 g/mol. The molecule has 132 valence electrons. The molecule has 2 aromatic rings. The van der Waals surface area contributed by atoms with Gasteiger partial charge in [-0.25, -0.2) is 0 Å². The summed E-state index contributed by atoms with van der Waals surface area (Å²) in [6.07, 6.45) is 3.54. The van der Waals surface area contributed by atoms with E-state index in [1.807, 2.05) is 24.5 Å². The molecule has 6 heteroatoms. The molecule has 0 saturated carbocycles. The van der Waals surface area contributed by atoms with Gasteiger partial charge in [-0.1, -0.05) is 53.9 Å². The third-order valence-corrected chi connectivity index (χ3v) is 7.34. The normalized spacial score (nSPS) is 15.4. The number of carbonyl (C=O) groups is 2. The largest absolute Gasteiger partial charge is 0.497 e. The predicted molar refractivity (Wildman–Crippen MR) is 112 cm³/mol. The lowest BCUT2D eigenvalue weighted by atomic mass is 10.1. The summed E-state index contributed by atoms with van der Waals surface area (Å²) in [5, 5.41) is 0. The van der Waals surface area contributed by atoms with Gasteiger partial charge in [0.2, 0.25) is 5.78 Å². The number of Topliss-reactive ketones (excluding diaryl/α,β-unsaturated/α-hetero) is 1. The van der Waals surface area contributed by atoms with Crippen LogP contribution in [0.5, 0.6) is 5.75 Å². The Bertz CT molecular complexity index is 884. The summed E-state index contributed by atoms with van der Waals surface area (Å²) in [4.78, 5) is 25.9. The Morgan fingerprint density at radius 2 is 1.65 bits per heavy atom. The fourth-order valence-corrected chi connectivity index (χ4v) is 5.83. The van der Waals surface area contributed by atoms with Gasteiger partial charge in [0.1, 0.15) is 5.75 Å². The average Bonchev–Trinajstić information content (AvgIpc) is 3.11. The molecule has 0 spiro atoms. The van der Waals surface area contributed by atoms with Crippen LogP contribution in [-0.4, -0.2) is 24.9 Å². The average molecular weight is 401 g/mol. The SMILES string of the molecule is COc1ccc(C(=O)C2=C(SC)S/C(=C\C(=O)c3ccccc3)S2)cc1. The summed E-state index contributed by atoms with van der Waals surface area (Å²) >= 11 is 4.36. The van der Waals surface area contributed by atoms with E-state index >= 15 is 0 Å². The molecule has 0 saturated heterocycles. The van der Waals surface area contributed by atoms with E-state index in [0.717, 1.165) is 8.47 Å². The smallest absolute Gasteiger partial charge is 0.201 e. The number of ether oxygens (including phenoxy) is 1. The van der Waals surface area contributed by atoms with Crippen LogP contribution in [0.2, 0.25) is 0 Å². The summed E-state index contributed by atoms with van der Waals surface area (Å²) in [5.41, 5.74) is 1.25. The minimum Gasteiger partial charge on any atom is -0.497 e. The molecule has 0 bridgehead atoms. The Balaban J connectivity index is 1.80. The van der Waals surface area contributed by atoms with E-state index in [-0.39, 0.29) is 11.6 Å². The molecule has 1 aliphatic heterocycles. The van der Waals surface area contributed by atoms with Gasteiger partial charge >= 0.3 is 0 Å². The summed E-state index contributed by atoms with van der Waals surface area (Å²) in [6, 6.07) is 16.2. The lowest BCUT2D eigenvalue weighted by Gasteiger charge is -2.04. The number of thioether (sulfide) groups is 3. The molecule has 0 amide bonds. The Hall–Kier alpha value is -1.89. The second kappa shape index (κ2) is 8.66. The molecule has 1 heterocycles. The molecule has 0 aromatic heterocycles. The second-order valence-electron chi connectivity index (χ2n) is 5.28. The van der Waals surface area contributed by atoms with E-state index in [9.17, 15) is 9.59 Å². The highest BCUT2D eigenvalue weighted by molar-refractivity contribution is 8.36. The molecule has 2 aromatic carbocycles. The molecule has 1 aliphatic rings. The Morgan fingerprint density at radius 1 is 0.962 bits per heavy atom. The van der Waals surface area contributed by atoms with E-state index < -0.39 is 0 Å². The van der Waals surface area contributed by atoms with Gasteiger partial charge in [-0.15, -0.1) is 11.8 Å². The number of hydrogen-bond acceptors (Lipinski definition) is 6. The molecule has 0 radical (unpaired) electrons. The zero-order valence-electron chi connectivity index (χ0n) is 14.2. The number of carbonyl (C=O) groups excluding carboxylic acids is 2. The van der Waals surface area contributed by atoms with E-state index in [0.29, 0.717) is 21.8 Å². The molecule has 3 rings (SSSR count). The van der Waals surface area contributed by atoms with Gasteiger partial charge in [0, 0.05) is 17.2 Å². The van der Waals surface area contributed by atoms with Crippen LogP contribution < -0.4 is 4.74 Å². The molecule has 0 fully saturated rings. The lowest BCUT2D eigenvalue weighted by Crippen LogP contribution is -2.00. The summed E-state index contributed by atoms with van der Waals surface area (Å²) in [5.74, 6) is 0.618. The number of hydrogen-bond donors (Lipinski definition) is 0. The first-order valence-electron chi connectivity index (χ1n) is 7.76. The van der Waals surface area contributed by atoms with Crippen molar-refractivity contribution in [1.82, 2.24) is 0 Å². The Morgan fingerprint density at radius 3 is 2.27 bits per heavy atom. The van der Waals surface area contributed by atoms with Gasteiger partial charge in [-0.05, 0) is 30.5 Å². The number of allylic oxidation sites excluding steroid dienone is 2. The van der Waals surface area contributed by atoms with E-state index in [1.165, 1.54) is 35.3 Å². The van der Waals surface area contributed by atoms with Crippen molar-refractivity contribution in [2.24, 2.45) is 0 Å². The lowest BCUT2D eigenvalue weighted by molar-refractivity contribution is 0.103. The van der Waals surface area contributed by atoms with Gasteiger partial charge in [-0.2, -0.15) is 0 Å².